The fraction of sp³-hybridized carbons (Fsp3) is 0.200. The number of imidazole rings is 1. The lowest BCUT2D eigenvalue weighted by Gasteiger charge is -2.10. The molecule has 1 aromatic carbocycles. The van der Waals surface area contributed by atoms with Gasteiger partial charge in [0.15, 0.2) is 5.16 Å². The Hall–Kier alpha value is -1.92. The number of thioether (sulfide) groups is 1. The van der Waals surface area contributed by atoms with E-state index in [2.05, 4.69) is 15.3 Å². The van der Waals surface area contributed by atoms with E-state index in [0.29, 0.717) is 10.2 Å². The Morgan fingerprint density at radius 3 is 3.14 bits per heavy atom. The quantitative estimate of drug-likeness (QED) is 0.696. The number of nitrogens with zero attached hydrogens (tertiary/aromatic N) is 1. The molecule has 0 saturated carbocycles. The van der Waals surface area contributed by atoms with Gasteiger partial charge in [-0.05, 0) is 37.3 Å². The summed E-state index contributed by atoms with van der Waals surface area (Å²) in [5.74, 6) is 0.933. The molecule has 22 heavy (non-hydrogen) atoms. The first-order chi connectivity index (χ1) is 10.6. The predicted molar refractivity (Wildman–Crippen MR) is 87.1 cm³/mol. The zero-order valence-electron chi connectivity index (χ0n) is 11.8. The minimum atomic E-state index is -0.155. The summed E-state index contributed by atoms with van der Waals surface area (Å²) in [5, 5.41) is 4.22. The van der Waals surface area contributed by atoms with Crippen molar-refractivity contribution in [3.8, 4) is 0 Å². The maximum atomic E-state index is 12.0. The average Bonchev–Trinajstić information content (AvgIpc) is 3.13. The molecule has 7 heteroatoms. The smallest absolute Gasteiger partial charge is 0.231 e. The van der Waals surface area contributed by atoms with E-state index in [-0.39, 0.29) is 17.7 Å². The van der Waals surface area contributed by atoms with Crippen LogP contribution in [0.3, 0.4) is 0 Å². The molecule has 3 aromatic rings. The van der Waals surface area contributed by atoms with Crippen LogP contribution >= 0.6 is 23.4 Å². The Bertz CT molecular complexity index is 785. The Morgan fingerprint density at radius 2 is 2.36 bits per heavy atom. The van der Waals surface area contributed by atoms with Crippen LogP contribution in [0.4, 0.5) is 0 Å². The highest BCUT2D eigenvalue weighted by atomic mass is 35.5. The number of fused-ring (bicyclic) bond motifs is 1. The zero-order valence-corrected chi connectivity index (χ0v) is 13.4. The van der Waals surface area contributed by atoms with Crippen molar-refractivity contribution in [3.63, 3.8) is 0 Å². The number of halogens is 1. The highest BCUT2D eigenvalue weighted by Gasteiger charge is 2.13. The Morgan fingerprint density at radius 1 is 1.50 bits per heavy atom. The first-order valence-corrected chi connectivity index (χ1v) is 8.09. The third-order valence-electron chi connectivity index (χ3n) is 3.11. The Balaban J connectivity index is 1.58. The number of carbonyl (C=O) groups is 1. The molecular weight excluding hydrogens is 322 g/mol. The highest BCUT2D eigenvalue weighted by molar-refractivity contribution is 7.99. The molecule has 0 bridgehead atoms. The standard InChI is InChI=1S/C15H14ClN3O2S/c1-9(13-3-2-6-21-13)17-14(20)8-22-15-18-11-5-4-10(16)7-12(11)19-15/h2-7,9H,8H2,1H3,(H,17,20)(H,18,19). The second-order valence-electron chi connectivity index (χ2n) is 4.80. The first-order valence-electron chi connectivity index (χ1n) is 6.72. The molecule has 2 N–H and O–H groups in total. The number of aromatic nitrogens is 2. The monoisotopic (exact) mass is 335 g/mol. The number of furan rings is 1. The number of nitrogens with one attached hydrogen (secondary N) is 2. The first kappa shape index (κ1) is 15.0. The summed E-state index contributed by atoms with van der Waals surface area (Å²) in [4.78, 5) is 19.5. The van der Waals surface area contributed by atoms with E-state index in [1.54, 1.807) is 18.4 Å². The minimum absolute atomic E-state index is 0.0765. The molecule has 0 radical (unpaired) electrons. The highest BCUT2D eigenvalue weighted by Crippen LogP contribution is 2.22. The van der Waals surface area contributed by atoms with Gasteiger partial charge in [0.25, 0.3) is 0 Å². The van der Waals surface area contributed by atoms with Gasteiger partial charge < -0.3 is 14.7 Å². The molecule has 0 aliphatic heterocycles. The molecule has 114 valence electrons. The number of rotatable bonds is 5. The summed E-state index contributed by atoms with van der Waals surface area (Å²) < 4.78 is 5.26. The van der Waals surface area contributed by atoms with Gasteiger partial charge in [-0.1, -0.05) is 23.4 Å². The van der Waals surface area contributed by atoms with Crippen molar-refractivity contribution in [1.82, 2.24) is 15.3 Å². The maximum Gasteiger partial charge on any atom is 0.231 e. The van der Waals surface area contributed by atoms with Crippen molar-refractivity contribution in [1.29, 1.82) is 0 Å². The van der Waals surface area contributed by atoms with Crippen LogP contribution in [0.1, 0.15) is 18.7 Å². The van der Waals surface area contributed by atoms with Gasteiger partial charge >= 0.3 is 0 Å². The third-order valence-corrected chi connectivity index (χ3v) is 4.22. The van der Waals surface area contributed by atoms with Crippen LogP contribution < -0.4 is 5.32 Å². The lowest BCUT2D eigenvalue weighted by atomic mass is 10.2. The predicted octanol–water partition coefficient (Wildman–Crippen LogP) is 3.78. The van der Waals surface area contributed by atoms with Crippen molar-refractivity contribution in [2.45, 2.75) is 18.1 Å². The van der Waals surface area contributed by atoms with Crippen LogP contribution in [0.25, 0.3) is 11.0 Å². The van der Waals surface area contributed by atoms with Gasteiger partial charge in [0.1, 0.15) is 5.76 Å². The Labute approximate surface area is 136 Å². The number of hydrogen-bond donors (Lipinski definition) is 2. The summed E-state index contributed by atoms with van der Waals surface area (Å²) in [6.45, 7) is 1.88. The number of amides is 1. The van der Waals surface area contributed by atoms with Crippen molar-refractivity contribution >= 4 is 40.3 Å². The fourth-order valence-electron chi connectivity index (χ4n) is 2.05. The van der Waals surface area contributed by atoms with Crippen LogP contribution in [-0.2, 0) is 4.79 Å². The molecule has 0 aliphatic rings. The zero-order chi connectivity index (χ0) is 15.5. The summed E-state index contributed by atoms with van der Waals surface area (Å²) >= 11 is 7.28. The molecule has 5 nitrogen and oxygen atoms in total. The number of H-pyrrole nitrogens is 1. The van der Waals surface area contributed by atoms with Gasteiger partial charge in [-0.3, -0.25) is 4.79 Å². The van der Waals surface area contributed by atoms with Crippen LogP contribution in [-0.4, -0.2) is 21.6 Å². The summed E-state index contributed by atoms with van der Waals surface area (Å²) in [7, 11) is 0. The van der Waals surface area contributed by atoms with Gasteiger partial charge in [-0.25, -0.2) is 4.98 Å². The van der Waals surface area contributed by atoms with Crippen LogP contribution in [0.15, 0.2) is 46.2 Å². The van der Waals surface area contributed by atoms with E-state index < -0.39 is 0 Å². The van der Waals surface area contributed by atoms with Crippen molar-refractivity contribution in [2.75, 3.05) is 5.75 Å². The number of benzene rings is 1. The van der Waals surface area contributed by atoms with Gasteiger partial charge in [-0.15, -0.1) is 0 Å². The van der Waals surface area contributed by atoms with Gasteiger partial charge in [0, 0.05) is 5.02 Å². The maximum absolute atomic E-state index is 12.0. The van der Waals surface area contributed by atoms with Crippen LogP contribution in [0, 0.1) is 0 Å². The van der Waals surface area contributed by atoms with Crippen molar-refractivity contribution < 1.29 is 9.21 Å². The number of hydrogen-bond acceptors (Lipinski definition) is 4. The number of carbonyl (C=O) groups excluding carboxylic acids is 1. The van der Waals surface area contributed by atoms with Crippen LogP contribution in [0.5, 0.6) is 0 Å². The van der Waals surface area contributed by atoms with E-state index in [1.165, 1.54) is 11.8 Å². The lowest BCUT2D eigenvalue weighted by Crippen LogP contribution is -2.27. The van der Waals surface area contributed by atoms with Crippen molar-refractivity contribution in [3.05, 3.63) is 47.4 Å². The molecule has 0 fully saturated rings. The molecular formula is C15H14ClN3O2S. The molecule has 0 aliphatic carbocycles. The molecule has 1 unspecified atom stereocenters. The molecule has 3 rings (SSSR count). The van der Waals surface area contributed by atoms with E-state index >= 15 is 0 Å². The fourth-order valence-corrected chi connectivity index (χ4v) is 2.92. The molecule has 0 saturated heterocycles. The molecule has 1 amide bonds. The Kier molecular flexibility index (Phi) is 4.40. The van der Waals surface area contributed by atoms with E-state index in [0.717, 1.165) is 16.8 Å². The largest absolute Gasteiger partial charge is 0.467 e. The lowest BCUT2D eigenvalue weighted by molar-refractivity contribution is -0.119. The SMILES string of the molecule is CC(NC(=O)CSc1nc2ccc(Cl)cc2[nH]1)c1ccco1. The summed E-state index contributed by atoms with van der Waals surface area (Å²) in [5.41, 5.74) is 1.69. The van der Waals surface area contributed by atoms with E-state index in [1.807, 2.05) is 25.1 Å². The average molecular weight is 336 g/mol. The minimum Gasteiger partial charge on any atom is -0.467 e. The molecule has 0 spiro atoms. The summed E-state index contributed by atoms with van der Waals surface area (Å²) in [6, 6.07) is 8.92. The van der Waals surface area contributed by atoms with E-state index in [9.17, 15) is 4.79 Å². The van der Waals surface area contributed by atoms with Crippen molar-refractivity contribution in [2.24, 2.45) is 0 Å². The normalized spacial score (nSPS) is 12.5. The third kappa shape index (κ3) is 3.45. The second kappa shape index (κ2) is 6.46. The summed E-state index contributed by atoms with van der Waals surface area (Å²) in [6.07, 6.45) is 1.59. The van der Waals surface area contributed by atoms with E-state index in [4.69, 9.17) is 16.0 Å². The van der Waals surface area contributed by atoms with Gasteiger partial charge in [0.2, 0.25) is 5.91 Å². The second-order valence-corrected chi connectivity index (χ2v) is 6.20. The molecule has 2 aromatic heterocycles. The molecule has 2 heterocycles. The number of aromatic amines is 1. The van der Waals surface area contributed by atoms with Gasteiger partial charge in [-0.2, -0.15) is 0 Å². The molecule has 1 atom stereocenters. The van der Waals surface area contributed by atoms with Crippen LogP contribution in [0.2, 0.25) is 5.02 Å². The topological polar surface area (TPSA) is 70.9 Å². The van der Waals surface area contributed by atoms with Gasteiger partial charge in [0.05, 0.1) is 29.1 Å².